The van der Waals surface area contributed by atoms with E-state index < -0.39 is 11.4 Å². The van der Waals surface area contributed by atoms with Crippen molar-refractivity contribution in [3.8, 4) is 11.5 Å². The van der Waals surface area contributed by atoms with E-state index >= 15 is 0 Å². The van der Waals surface area contributed by atoms with Crippen LogP contribution in [0, 0.1) is 0 Å². The molecule has 47 heavy (non-hydrogen) atoms. The van der Waals surface area contributed by atoms with E-state index in [0.29, 0.717) is 28.3 Å². The predicted octanol–water partition coefficient (Wildman–Crippen LogP) is 6.22. The minimum absolute atomic E-state index is 0.259. The van der Waals surface area contributed by atoms with Gasteiger partial charge < -0.3 is 20.3 Å². The molecule has 0 aliphatic carbocycles. The van der Waals surface area contributed by atoms with Crippen LogP contribution in [-0.4, -0.2) is 55.4 Å². The molecule has 0 unspecified atom stereocenters. The van der Waals surface area contributed by atoms with Crippen LogP contribution in [0.25, 0.3) is 0 Å². The van der Waals surface area contributed by atoms with Crippen LogP contribution in [-0.2, 0) is 5.54 Å². The number of anilines is 3. The number of rotatable bonds is 10. The maximum atomic E-state index is 14.2. The smallest absolute Gasteiger partial charge is 0.275 e. The SMILES string of the molecule is CCN(CC)c1ccc2c(c1)Oc1cc(N(CC)CC)ccc1C21c2ccccc2C(=O)N1/N=C/C=N/NC(=O)c1ccccc1N. The molecule has 240 valence electrons. The molecule has 2 amide bonds. The van der Waals surface area contributed by atoms with E-state index in [9.17, 15) is 9.59 Å². The Bertz CT molecular complexity index is 1820. The highest BCUT2D eigenvalue weighted by Gasteiger charge is 2.57. The zero-order chi connectivity index (χ0) is 33.1. The number of amides is 2. The molecule has 2 aliphatic heterocycles. The number of hydrogen-bond donors (Lipinski definition) is 2. The molecule has 10 heteroatoms. The highest BCUT2D eigenvalue weighted by Crippen LogP contribution is 2.58. The predicted molar refractivity (Wildman–Crippen MR) is 188 cm³/mol. The fraction of sp³-hybridized carbons (Fsp3) is 0.243. The third-order valence-corrected chi connectivity index (χ3v) is 8.94. The third kappa shape index (κ3) is 5.25. The minimum Gasteiger partial charge on any atom is -0.456 e. The second kappa shape index (κ2) is 13.0. The van der Waals surface area contributed by atoms with Crippen molar-refractivity contribution in [2.45, 2.75) is 33.2 Å². The topological polar surface area (TPSA) is 116 Å². The lowest BCUT2D eigenvalue weighted by atomic mass is 9.75. The summed E-state index contributed by atoms with van der Waals surface area (Å²) in [5.41, 5.74) is 13.0. The van der Waals surface area contributed by atoms with E-state index in [2.05, 4.69) is 72.3 Å². The van der Waals surface area contributed by atoms with Gasteiger partial charge in [-0.15, -0.1) is 0 Å². The van der Waals surface area contributed by atoms with Gasteiger partial charge in [0.15, 0.2) is 0 Å². The normalized spacial score (nSPS) is 14.2. The number of nitrogens with two attached hydrogens (primary N) is 1. The molecule has 0 bridgehead atoms. The lowest BCUT2D eigenvalue weighted by Crippen LogP contribution is -2.44. The van der Waals surface area contributed by atoms with Crippen LogP contribution in [0.15, 0.2) is 95.1 Å². The van der Waals surface area contributed by atoms with Gasteiger partial charge in [0.2, 0.25) is 0 Å². The van der Waals surface area contributed by atoms with Crippen molar-refractivity contribution < 1.29 is 14.3 Å². The maximum absolute atomic E-state index is 14.2. The number of fused-ring (bicyclic) bond motifs is 6. The van der Waals surface area contributed by atoms with Crippen molar-refractivity contribution in [2.75, 3.05) is 41.7 Å². The molecule has 0 atom stereocenters. The fourth-order valence-corrected chi connectivity index (χ4v) is 6.64. The molecule has 3 N–H and O–H groups in total. The molecule has 2 heterocycles. The van der Waals surface area contributed by atoms with Gasteiger partial charge in [-0.05, 0) is 58.0 Å². The van der Waals surface area contributed by atoms with Crippen molar-refractivity contribution in [1.82, 2.24) is 10.4 Å². The van der Waals surface area contributed by atoms with Crippen LogP contribution in [0.2, 0.25) is 0 Å². The summed E-state index contributed by atoms with van der Waals surface area (Å²) in [6.45, 7) is 11.9. The van der Waals surface area contributed by atoms with E-state index in [1.807, 2.05) is 36.4 Å². The van der Waals surface area contributed by atoms with Crippen LogP contribution in [0.5, 0.6) is 11.5 Å². The highest BCUT2D eigenvalue weighted by molar-refractivity contribution is 6.17. The molecule has 2 aliphatic rings. The van der Waals surface area contributed by atoms with Crippen LogP contribution < -0.4 is 25.7 Å². The zero-order valence-corrected chi connectivity index (χ0v) is 27.1. The third-order valence-electron chi connectivity index (χ3n) is 8.94. The Morgan fingerprint density at radius 2 is 1.38 bits per heavy atom. The number of hydrogen-bond acceptors (Lipinski definition) is 8. The Labute approximate surface area is 275 Å². The summed E-state index contributed by atoms with van der Waals surface area (Å²) >= 11 is 0. The van der Waals surface area contributed by atoms with Gasteiger partial charge in [0, 0.05) is 77.6 Å². The molecule has 0 saturated carbocycles. The summed E-state index contributed by atoms with van der Waals surface area (Å²) in [6.07, 6.45) is 2.75. The standard InChI is InChI=1S/C37H39N7O3/c1-5-42(6-2)25-17-19-30-33(23-25)47-34-24-26(43(7-3)8-4)18-20-31(34)37(30)29-15-11-9-13-27(29)36(46)44(37)40-22-21-39-41-35(45)28-14-10-12-16-32(28)38/h9-24H,5-8,38H2,1-4H3,(H,41,45)/b39-21+,40-22+. The van der Waals surface area contributed by atoms with E-state index in [1.165, 1.54) is 17.4 Å². The van der Waals surface area contributed by atoms with Gasteiger partial charge in [0.25, 0.3) is 11.8 Å². The van der Waals surface area contributed by atoms with Crippen LogP contribution in [0.1, 0.15) is 65.1 Å². The van der Waals surface area contributed by atoms with Gasteiger partial charge in [0.1, 0.15) is 17.0 Å². The van der Waals surface area contributed by atoms with Gasteiger partial charge in [-0.25, -0.2) is 10.4 Å². The molecule has 0 saturated heterocycles. The molecular weight excluding hydrogens is 590 g/mol. The van der Waals surface area contributed by atoms with Gasteiger partial charge in [-0.1, -0.05) is 42.5 Å². The number of para-hydroxylation sites is 1. The minimum atomic E-state index is -1.12. The fourth-order valence-electron chi connectivity index (χ4n) is 6.64. The number of carbonyl (C=O) groups is 2. The van der Waals surface area contributed by atoms with Gasteiger partial charge in [0.05, 0.1) is 18.0 Å². The molecular formula is C37H39N7O3. The number of benzene rings is 4. The van der Waals surface area contributed by atoms with Crippen molar-refractivity contribution in [1.29, 1.82) is 0 Å². The Morgan fingerprint density at radius 3 is 1.98 bits per heavy atom. The second-order valence-electron chi connectivity index (χ2n) is 11.3. The first-order valence-electron chi connectivity index (χ1n) is 16.0. The Morgan fingerprint density at radius 1 is 0.809 bits per heavy atom. The van der Waals surface area contributed by atoms with Crippen molar-refractivity contribution in [3.63, 3.8) is 0 Å². The van der Waals surface area contributed by atoms with E-state index in [1.54, 1.807) is 24.3 Å². The number of ether oxygens (including phenoxy) is 1. The van der Waals surface area contributed by atoms with Crippen molar-refractivity contribution in [2.24, 2.45) is 10.2 Å². The van der Waals surface area contributed by atoms with Gasteiger partial charge >= 0.3 is 0 Å². The van der Waals surface area contributed by atoms with Crippen LogP contribution >= 0.6 is 0 Å². The summed E-state index contributed by atoms with van der Waals surface area (Å²) in [6, 6.07) is 26.7. The first-order chi connectivity index (χ1) is 22.9. The second-order valence-corrected chi connectivity index (χ2v) is 11.3. The number of carbonyl (C=O) groups excluding carboxylic acids is 2. The summed E-state index contributed by atoms with van der Waals surface area (Å²) in [5.74, 6) is 0.606. The summed E-state index contributed by atoms with van der Waals surface area (Å²) in [5, 5.41) is 10.3. The van der Waals surface area contributed by atoms with Crippen LogP contribution in [0.3, 0.4) is 0 Å². The molecule has 0 fully saturated rings. The van der Waals surface area contributed by atoms with Crippen LogP contribution in [0.4, 0.5) is 17.1 Å². The molecule has 4 aromatic carbocycles. The summed E-state index contributed by atoms with van der Waals surface area (Å²) in [4.78, 5) is 31.4. The Balaban J connectivity index is 1.48. The first kappa shape index (κ1) is 31.3. The maximum Gasteiger partial charge on any atom is 0.275 e. The molecule has 6 rings (SSSR count). The molecule has 10 nitrogen and oxygen atoms in total. The summed E-state index contributed by atoms with van der Waals surface area (Å²) in [7, 11) is 0. The lowest BCUT2D eigenvalue weighted by Gasteiger charge is -2.42. The average molecular weight is 630 g/mol. The zero-order valence-electron chi connectivity index (χ0n) is 27.1. The van der Waals surface area contributed by atoms with E-state index in [4.69, 9.17) is 15.6 Å². The lowest BCUT2D eigenvalue weighted by molar-refractivity contribution is 0.0675. The molecule has 4 aromatic rings. The average Bonchev–Trinajstić information content (AvgIpc) is 3.33. The first-order valence-corrected chi connectivity index (χ1v) is 16.0. The van der Waals surface area contributed by atoms with E-state index in [0.717, 1.165) is 54.2 Å². The van der Waals surface area contributed by atoms with Crippen molar-refractivity contribution in [3.05, 3.63) is 113 Å². The number of nitrogens with zero attached hydrogens (tertiary/aromatic N) is 5. The molecule has 0 radical (unpaired) electrons. The largest absolute Gasteiger partial charge is 0.456 e. The summed E-state index contributed by atoms with van der Waals surface area (Å²) < 4.78 is 6.72. The number of nitrogens with one attached hydrogen (secondary N) is 1. The van der Waals surface area contributed by atoms with E-state index in [-0.39, 0.29) is 5.91 Å². The Hall–Kier alpha value is -5.64. The van der Waals surface area contributed by atoms with Gasteiger partial charge in [-0.3, -0.25) is 9.59 Å². The quantitative estimate of drug-likeness (QED) is 0.122. The number of nitrogen functional groups attached to an aromatic ring is 1. The monoisotopic (exact) mass is 629 g/mol. The van der Waals surface area contributed by atoms with Gasteiger partial charge in [-0.2, -0.15) is 10.2 Å². The highest BCUT2D eigenvalue weighted by atomic mass is 16.5. The molecule has 0 aromatic heterocycles. The van der Waals surface area contributed by atoms with Crippen molar-refractivity contribution >= 4 is 41.3 Å². The number of hydrazone groups is 2. The Kier molecular flexibility index (Phi) is 8.67. The molecule has 1 spiro atoms.